The van der Waals surface area contributed by atoms with Gasteiger partial charge in [-0.25, -0.2) is 0 Å². The van der Waals surface area contributed by atoms with Gasteiger partial charge in [0.2, 0.25) is 0 Å². The van der Waals surface area contributed by atoms with E-state index in [4.69, 9.17) is 11.6 Å². The van der Waals surface area contributed by atoms with Gasteiger partial charge in [-0.05, 0) is 63.8 Å². The minimum Gasteiger partial charge on any atom is -0.351 e. The number of nitrogens with zero attached hydrogens (tertiary/aromatic N) is 3. The first-order valence-corrected chi connectivity index (χ1v) is 8.13. The Kier molecular flexibility index (Phi) is 6.52. The molecule has 0 atom stereocenters. The molecular weight excluding hydrogens is 326 g/mol. The lowest BCUT2D eigenvalue weighted by Gasteiger charge is -2.10. The summed E-state index contributed by atoms with van der Waals surface area (Å²) in [5.41, 5.74) is 2.13. The molecule has 0 aliphatic carbocycles. The molecule has 2 rings (SSSR count). The van der Waals surface area contributed by atoms with E-state index in [-0.39, 0.29) is 5.91 Å². The van der Waals surface area contributed by atoms with Crippen molar-refractivity contribution < 1.29 is 4.79 Å². The van der Waals surface area contributed by atoms with Gasteiger partial charge in [-0.3, -0.25) is 4.79 Å². The zero-order chi connectivity index (χ0) is 17.5. The molecule has 2 N–H and O–H groups in total. The van der Waals surface area contributed by atoms with Gasteiger partial charge in [0.05, 0.1) is 0 Å². The molecule has 1 aromatic carbocycles. The van der Waals surface area contributed by atoms with Crippen molar-refractivity contribution in [2.24, 2.45) is 0 Å². The third-order valence-corrected chi connectivity index (χ3v) is 3.82. The van der Waals surface area contributed by atoms with Crippen molar-refractivity contribution in [2.75, 3.05) is 32.5 Å². The number of halogens is 1. The van der Waals surface area contributed by atoms with Crippen molar-refractivity contribution >= 4 is 29.0 Å². The largest absolute Gasteiger partial charge is 0.351 e. The monoisotopic (exact) mass is 347 g/mol. The van der Waals surface area contributed by atoms with Crippen molar-refractivity contribution in [3.63, 3.8) is 0 Å². The van der Waals surface area contributed by atoms with Gasteiger partial charge in [-0.15, -0.1) is 10.2 Å². The van der Waals surface area contributed by atoms with Gasteiger partial charge >= 0.3 is 0 Å². The van der Waals surface area contributed by atoms with Gasteiger partial charge < -0.3 is 15.5 Å². The fourth-order valence-corrected chi connectivity index (χ4v) is 2.21. The maximum Gasteiger partial charge on any atom is 0.271 e. The summed E-state index contributed by atoms with van der Waals surface area (Å²) in [6.07, 6.45) is 0.889. The van der Waals surface area contributed by atoms with E-state index in [1.54, 1.807) is 12.1 Å². The lowest BCUT2D eigenvalue weighted by atomic mass is 10.2. The molecule has 7 heteroatoms. The molecular formula is C17H22ClN5O. The van der Waals surface area contributed by atoms with E-state index in [0.29, 0.717) is 23.1 Å². The summed E-state index contributed by atoms with van der Waals surface area (Å²) in [4.78, 5) is 14.0. The SMILES string of the molecule is Cc1ccc(Nc2ccc(C(=O)NCCCN(C)C)nn2)cc1Cl. The summed E-state index contributed by atoms with van der Waals surface area (Å²) in [5, 5.41) is 14.6. The Bertz CT molecular complexity index is 688. The normalized spacial score (nSPS) is 10.7. The van der Waals surface area contributed by atoms with Gasteiger partial charge in [0.15, 0.2) is 11.5 Å². The second-order valence-corrected chi connectivity index (χ2v) is 6.21. The van der Waals surface area contributed by atoms with Crippen molar-refractivity contribution in [3.8, 4) is 0 Å². The Morgan fingerprint density at radius 2 is 2.00 bits per heavy atom. The Balaban J connectivity index is 1.90. The number of benzene rings is 1. The van der Waals surface area contributed by atoms with Crippen LogP contribution in [0.5, 0.6) is 0 Å². The summed E-state index contributed by atoms with van der Waals surface area (Å²) in [5.74, 6) is 0.338. The molecule has 0 bridgehead atoms. The second kappa shape index (κ2) is 8.61. The first kappa shape index (κ1) is 18.2. The number of hydrogen-bond donors (Lipinski definition) is 2. The second-order valence-electron chi connectivity index (χ2n) is 5.81. The fourth-order valence-electron chi connectivity index (χ4n) is 2.03. The minimum atomic E-state index is -0.216. The van der Waals surface area contributed by atoms with Crippen LogP contribution < -0.4 is 10.6 Å². The average molecular weight is 348 g/mol. The highest BCUT2D eigenvalue weighted by Crippen LogP contribution is 2.22. The van der Waals surface area contributed by atoms with Crippen LogP contribution in [0, 0.1) is 6.92 Å². The Morgan fingerprint density at radius 1 is 1.21 bits per heavy atom. The van der Waals surface area contributed by atoms with Crippen molar-refractivity contribution in [2.45, 2.75) is 13.3 Å². The molecule has 6 nitrogen and oxygen atoms in total. The number of aromatic nitrogens is 2. The van der Waals surface area contributed by atoms with E-state index in [2.05, 4.69) is 25.7 Å². The Morgan fingerprint density at radius 3 is 2.62 bits per heavy atom. The van der Waals surface area contributed by atoms with Gasteiger partial charge in [-0.2, -0.15) is 0 Å². The van der Waals surface area contributed by atoms with E-state index in [0.717, 1.165) is 24.2 Å². The van der Waals surface area contributed by atoms with Gasteiger partial charge in [0, 0.05) is 17.3 Å². The Hall–Kier alpha value is -2.18. The van der Waals surface area contributed by atoms with E-state index in [1.807, 2.05) is 39.2 Å². The quantitative estimate of drug-likeness (QED) is 0.754. The highest BCUT2D eigenvalue weighted by Gasteiger charge is 2.08. The number of anilines is 2. The standard InChI is InChI=1S/C17H22ClN5O/c1-12-5-6-13(11-14(12)18)20-16-8-7-15(21-22-16)17(24)19-9-4-10-23(2)3/h5-8,11H,4,9-10H2,1-3H3,(H,19,24)(H,20,22). The molecule has 0 spiro atoms. The summed E-state index contributed by atoms with van der Waals surface area (Å²) in [6.45, 7) is 3.48. The average Bonchev–Trinajstić information content (AvgIpc) is 2.55. The summed E-state index contributed by atoms with van der Waals surface area (Å²) in [7, 11) is 4.00. The predicted octanol–water partition coefficient (Wildman–Crippen LogP) is 2.86. The van der Waals surface area contributed by atoms with Crippen LogP contribution >= 0.6 is 11.6 Å². The van der Waals surface area contributed by atoms with E-state index >= 15 is 0 Å². The summed E-state index contributed by atoms with van der Waals surface area (Å²) < 4.78 is 0. The molecule has 1 amide bonds. The molecule has 128 valence electrons. The van der Waals surface area contributed by atoms with Gasteiger partial charge in [0.25, 0.3) is 5.91 Å². The molecule has 0 saturated carbocycles. The number of amides is 1. The number of rotatable bonds is 7. The molecule has 0 fully saturated rings. The predicted molar refractivity (Wildman–Crippen MR) is 97.0 cm³/mol. The van der Waals surface area contributed by atoms with E-state index < -0.39 is 0 Å². The number of carbonyl (C=O) groups is 1. The highest BCUT2D eigenvalue weighted by atomic mass is 35.5. The Labute approximate surface area is 147 Å². The summed E-state index contributed by atoms with van der Waals surface area (Å²) >= 11 is 6.09. The van der Waals surface area contributed by atoms with Crippen LogP contribution in [0.1, 0.15) is 22.5 Å². The molecule has 1 heterocycles. The minimum absolute atomic E-state index is 0.216. The maximum absolute atomic E-state index is 12.0. The molecule has 1 aromatic heterocycles. The molecule has 0 aliphatic rings. The highest BCUT2D eigenvalue weighted by molar-refractivity contribution is 6.31. The summed E-state index contributed by atoms with van der Waals surface area (Å²) in [6, 6.07) is 9.02. The van der Waals surface area contributed by atoms with E-state index in [1.165, 1.54) is 0 Å². The molecule has 2 aromatic rings. The van der Waals surface area contributed by atoms with Crippen LogP contribution in [-0.4, -0.2) is 48.2 Å². The number of carbonyl (C=O) groups excluding carboxylic acids is 1. The molecule has 0 radical (unpaired) electrons. The van der Waals surface area contributed by atoms with Crippen LogP contribution in [0.25, 0.3) is 0 Å². The third-order valence-electron chi connectivity index (χ3n) is 3.41. The fraction of sp³-hybridized carbons (Fsp3) is 0.353. The topological polar surface area (TPSA) is 70.2 Å². The first-order chi connectivity index (χ1) is 11.5. The van der Waals surface area contributed by atoms with E-state index in [9.17, 15) is 4.79 Å². The number of hydrogen-bond acceptors (Lipinski definition) is 5. The molecule has 0 saturated heterocycles. The molecule has 0 aliphatic heterocycles. The lowest BCUT2D eigenvalue weighted by Crippen LogP contribution is -2.28. The zero-order valence-corrected chi connectivity index (χ0v) is 14.9. The van der Waals surface area contributed by atoms with Crippen LogP contribution in [0.15, 0.2) is 30.3 Å². The third kappa shape index (κ3) is 5.47. The number of nitrogens with one attached hydrogen (secondary N) is 2. The van der Waals surface area contributed by atoms with Crippen LogP contribution in [0.3, 0.4) is 0 Å². The maximum atomic E-state index is 12.0. The van der Waals surface area contributed by atoms with Gasteiger partial charge in [-0.1, -0.05) is 17.7 Å². The zero-order valence-electron chi connectivity index (χ0n) is 14.1. The van der Waals surface area contributed by atoms with Gasteiger partial charge in [0.1, 0.15) is 0 Å². The van der Waals surface area contributed by atoms with Crippen molar-refractivity contribution in [1.82, 2.24) is 20.4 Å². The molecule has 0 unspecified atom stereocenters. The van der Waals surface area contributed by atoms with Crippen molar-refractivity contribution in [3.05, 3.63) is 46.6 Å². The lowest BCUT2D eigenvalue weighted by molar-refractivity contribution is 0.0946. The van der Waals surface area contributed by atoms with Crippen LogP contribution in [0.4, 0.5) is 11.5 Å². The molecule has 24 heavy (non-hydrogen) atoms. The smallest absolute Gasteiger partial charge is 0.271 e. The number of aryl methyl sites for hydroxylation is 1. The first-order valence-electron chi connectivity index (χ1n) is 7.75. The van der Waals surface area contributed by atoms with Crippen LogP contribution in [-0.2, 0) is 0 Å². The van der Waals surface area contributed by atoms with Crippen molar-refractivity contribution in [1.29, 1.82) is 0 Å². The van der Waals surface area contributed by atoms with Crippen LogP contribution in [0.2, 0.25) is 5.02 Å².